The van der Waals surface area contributed by atoms with E-state index in [9.17, 15) is 19.2 Å². The molecule has 0 saturated carbocycles. The van der Waals surface area contributed by atoms with Gasteiger partial charge < -0.3 is 11.1 Å². The molecule has 4 aromatic rings. The summed E-state index contributed by atoms with van der Waals surface area (Å²) in [7, 11) is 0. The number of imide groups is 1. The van der Waals surface area contributed by atoms with Gasteiger partial charge in [0.1, 0.15) is 11.0 Å². The van der Waals surface area contributed by atoms with Crippen molar-refractivity contribution < 1.29 is 19.2 Å². The SMILES string of the molecule is NC(=O)c1cc(-c2ccccc2)sc1NC(=O)C(Cc1ccccc1)N1C(=O)c2ccccc2C1=O. The van der Waals surface area contributed by atoms with Crippen molar-refractivity contribution in [1.82, 2.24) is 4.90 Å². The van der Waals surface area contributed by atoms with Gasteiger partial charge in [0.15, 0.2) is 0 Å². The molecule has 0 aliphatic carbocycles. The van der Waals surface area contributed by atoms with E-state index in [1.54, 1.807) is 30.3 Å². The fraction of sp³-hybridized carbons (Fsp3) is 0.0714. The number of hydrogen-bond acceptors (Lipinski definition) is 5. The Bertz CT molecular complexity index is 1450. The van der Waals surface area contributed by atoms with Crippen LogP contribution in [0.15, 0.2) is 91.0 Å². The molecule has 0 spiro atoms. The summed E-state index contributed by atoms with van der Waals surface area (Å²) in [4.78, 5) is 54.0. The Kier molecular flexibility index (Phi) is 6.18. The predicted octanol–water partition coefficient (Wildman–Crippen LogP) is 4.36. The van der Waals surface area contributed by atoms with Crippen molar-refractivity contribution in [3.8, 4) is 10.4 Å². The highest BCUT2D eigenvalue weighted by Gasteiger charge is 2.43. The van der Waals surface area contributed by atoms with Gasteiger partial charge in [-0.2, -0.15) is 0 Å². The van der Waals surface area contributed by atoms with Gasteiger partial charge in [0.25, 0.3) is 17.7 Å². The highest BCUT2D eigenvalue weighted by Crippen LogP contribution is 2.36. The van der Waals surface area contributed by atoms with E-state index < -0.39 is 29.7 Å². The first-order chi connectivity index (χ1) is 17.4. The number of fused-ring (bicyclic) bond motifs is 1. The standard InChI is InChI=1S/C28H21N3O4S/c29-24(32)21-16-23(18-11-5-2-6-12-18)36-26(21)30-25(33)22(15-17-9-3-1-4-10-17)31-27(34)19-13-7-8-14-20(19)28(31)35/h1-14,16,22H,15H2,(H2,29,32)(H,30,33). The Labute approximate surface area is 211 Å². The molecule has 8 heteroatoms. The third-order valence-corrected chi connectivity index (χ3v) is 7.10. The van der Waals surface area contributed by atoms with Crippen molar-refractivity contribution >= 4 is 40.0 Å². The zero-order valence-corrected chi connectivity index (χ0v) is 19.8. The van der Waals surface area contributed by atoms with E-state index >= 15 is 0 Å². The first-order valence-corrected chi connectivity index (χ1v) is 12.1. The average Bonchev–Trinajstić information content (AvgIpc) is 3.43. The average molecular weight is 496 g/mol. The van der Waals surface area contributed by atoms with Crippen LogP contribution in [0.25, 0.3) is 10.4 Å². The summed E-state index contributed by atoms with van der Waals surface area (Å²) in [6.07, 6.45) is 0.112. The van der Waals surface area contributed by atoms with Gasteiger partial charge in [-0.15, -0.1) is 11.3 Å². The fourth-order valence-electron chi connectivity index (χ4n) is 4.24. The molecule has 0 saturated heterocycles. The number of thiophene rings is 1. The minimum absolute atomic E-state index is 0.112. The molecule has 4 amide bonds. The van der Waals surface area contributed by atoms with Gasteiger partial charge in [-0.25, -0.2) is 0 Å². The van der Waals surface area contributed by atoms with Crippen LogP contribution in [0.5, 0.6) is 0 Å². The first kappa shape index (κ1) is 23.2. The monoisotopic (exact) mass is 495 g/mol. The van der Waals surface area contributed by atoms with Crippen molar-refractivity contribution in [2.24, 2.45) is 5.73 Å². The van der Waals surface area contributed by atoms with Crippen molar-refractivity contribution in [3.63, 3.8) is 0 Å². The highest BCUT2D eigenvalue weighted by molar-refractivity contribution is 7.20. The van der Waals surface area contributed by atoms with Gasteiger partial charge >= 0.3 is 0 Å². The van der Waals surface area contributed by atoms with Crippen LogP contribution in [0, 0.1) is 0 Å². The maximum atomic E-state index is 13.7. The van der Waals surface area contributed by atoms with Crippen molar-refractivity contribution in [1.29, 1.82) is 0 Å². The lowest BCUT2D eigenvalue weighted by Gasteiger charge is -2.25. The molecule has 2 heterocycles. The Hall–Kier alpha value is -4.56. The smallest absolute Gasteiger partial charge is 0.262 e. The third kappa shape index (κ3) is 4.30. The van der Waals surface area contributed by atoms with Crippen LogP contribution in [0.1, 0.15) is 36.6 Å². The van der Waals surface area contributed by atoms with Gasteiger partial charge in [-0.1, -0.05) is 72.8 Å². The molecule has 5 rings (SSSR count). The number of hydrogen-bond donors (Lipinski definition) is 2. The van der Waals surface area contributed by atoms with E-state index in [-0.39, 0.29) is 28.1 Å². The summed E-state index contributed by atoms with van der Waals surface area (Å²) >= 11 is 1.20. The molecule has 1 aliphatic rings. The molecule has 178 valence electrons. The quantitative estimate of drug-likeness (QED) is 0.371. The largest absolute Gasteiger partial charge is 0.366 e. The topological polar surface area (TPSA) is 110 Å². The number of rotatable bonds is 7. The highest BCUT2D eigenvalue weighted by atomic mass is 32.1. The predicted molar refractivity (Wildman–Crippen MR) is 138 cm³/mol. The summed E-state index contributed by atoms with van der Waals surface area (Å²) in [6, 6.07) is 25.5. The molecule has 1 aliphatic heterocycles. The summed E-state index contributed by atoms with van der Waals surface area (Å²) in [5.41, 5.74) is 7.92. The molecule has 0 radical (unpaired) electrons. The number of nitrogens with one attached hydrogen (secondary N) is 1. The number of primary amides is 1. The van der Waals surface area contributed by atoms with E-state index in [1.807, 2.05) is 60.7 Å². The Morgan fingerprint density at radius 2 is 1.39 bits per heavy atom. The number of amides is 4. The van der Waals surface area contributed by atoms with E-state index in [2.05, 4.69) is 5.32 Å². The normalized spacial score (nSPS) is 13.4. The molecule has 0 bridgehead atoms. The lowest BCUT2D eigenvalue weighted by Crippen LogP contribution is -2.48. The summed E-state index contributed by atoms with van der Waals surface area (Å²) in [6.45, 7) is 0. The van der Waals surface area contributed by atoms with Crippen molar-refractivity contribution in [2.45, 2.75) is 12.5 Å². The summed E-state index contributed by atoms with van der Waals surface area (Å²) < 4.78 is 0. The zero-order chi connectivity index (χ0) is 25.2. The number of nitrogens with zero attached hydrogens (tertiary/aromatic N) is 1. The van der Waals surface area contributed by atoms with Crippen molar-refractivity contribution in [3.05, 3.63) is 113 Å². The third-order valence-electron chi connectivity index (χ3n) is 6.00. The Balaban J connectivity index is 1.51. The molecular weight excluding hydrogens is 474 g/mol. The van der Waals surface area contributed by atoms with Crippen LogP contribution in [0.4, 0.5) is 5.00 Å². The van der Waals surface area contributed by atoms with Crippen LogP contribution in [0.2, 0.25) is 0 Å². The van der Waals surface area contributed by atoms with Gasteiger partial charge in [-0.05, 0) is 29.3 Å². The molecule has 36 heavy (non-hydrogen) atoms. The second kappa shape index (κ2) is 9.59. The molecule has 1 unspecified atom stereocenters. The number of carbonyl (C=O) groups is 4. The van der Waals surface area contributed by atoms with E-state index in [1.165, 1.54) is 11.3 Å². The fourth-order valence-corrected chi connectivity index (χ4v) is 5.31. The minimum Gasteiger partial charge on any atom is -0.366 e. The Morgan fingerprint density at radius 3 is 1.97 bits per heavy atom. The number of anilines is 1. The van der Waals surface area contributed by atoms with E-state index in [0.717, 1.165) is 20.9 Å². The molecule has 0 fully saturated rings. The second-order valence-electron chi connectivity index (χ2n) is 8.30. The number of benzene rings is 3. The molecule has 3 aromatic carbocycles. The van der Waals surface area contributed by atoms with Crippen LogP contribution in [-0.2, 0) is 11.2 Å². The first-order valence-electron chi connectivity index (χ1n) is 11.2. The maximum Gasteiger partial charge on any atom is 0.262 e. The lowest BCUT2D eigenvalue weighted by molar-refractivity contribution is -0.119. The van der Waals surface area contributed by atoms with Crippen LogP contribution < -0.4 is 11.1 Å². The van der Waals surface area contributed by atoms with Gasteiger partial charge in [0.2, 0.25) is 5.91 Å². The number of carbonyl (C=O) groups excluding carboxylic acids is 4. The number of nitrogens with two attached hydrogens (primary N) is 1. The Morgan fingerprint density at radius 1 is 0.833 bits per heavy atom. The molecule has 1 aromatic heterocycles. The van der Waals surface area contributed by atoms with Crippen molar-refractivity contribution in [2.75, 3.05) is 5.32 Å². The minimum atomic E-state index is -1.14. The molecule has 7 nitrogen and oxygen atoms in total. The van der Waals surface area contributed by atoms with Gasteiger partial charge in [0, 0.05) is 11.3 Å². The van der Waals surface area contributed by atoms with Crippen LogP contribution in [-0.4, -0.2) is 34.6 Å². The second-order valence-corrected chi connectivity index (χ2v) is 9.36. The molecular formula is C28H21N3O4S. The van der Waals surface area contributed by atoms with E-state index in [0.29, 0.717) is 0 Å². The van der Waals surface area contributed by atoms with Crippen LogP contribution >= 0.6 is 11.3 Å². The zero-order valence-electron chi connectivity index (χ0n) is 19.0. The lowest BCUT2D eigenvalue weighted by atomic mass is 10.0. The van der Waals surface area contributed by atoms with Crippen LogP contribution in [0.3, 0.4) is 0 Å². The molecule has 1 atom stereocenters. The van der Waals surface area contributed by atoms with Gasteiger partial charge in [0.05, 0.1) is 16.7 Å². The van der Waals surface area contributed by atoms with Gasteiger partial charge in [-0.3, -0.25) is 24.1 Å². The van der Waals surface area contributed by atoms with E-state index in [4.69, 9.17) is 5.73 Å². The molecule has 3 N–H and O–H groups in total. The maximum absolute atomic E-state index is 13.7. The summed E-state index contributed by atoms with van der Waals surface area (Å²) in [5.74, 6) is -2.34. The summed E-state index contributed by atoms with van der Waals surface area (Å²) in [5, 5.41) is 3.04.